The second-order valence-corrected chi connectivity index (χ2v) is 7.91. The number of nitrogens with one attached hydrogen (secondary N) is 1. The van der Waals surface area contributed by atoms with Gasteiger partial charge in [-0.2, -0.15) is 0 Å². The van der Waals surface area contributed by atoms with Gasteiger partial charge in [0.25, 0.3) is 0 Å². The monoisotopic (exact) mass is 354 g/mol. The van der Waals surface area contributed by atoms with Crippen LogP contribution in [0.2, 0.25) is 0 Å². The van der Waals surface area contributed by atoms with Gasteiger partial charge >= 0.3 is 0 Å². The molecule has 1 fully saturated rings. The van der Waals surface area contributed by atoms with Gasteiger partial charge in [0.15, 0.2) is 0 Å². The molecule has 0 amide bonds. The largest absolute Gasteiger partial charge is 0.377 e. The number of aromatic nitrogens is 1. The third kappa shape index (κ3) is 4.05. The molecule has 1 aliphatic carbocycles. The van der Waals surface area contributed by atoms with E-state index in [0.717, 1.165) is 23.7 Å². The Bertz CT molecular complexity index is 466. The van der Waals surface area contributed by atoms with Crippen LogP contribution in [0.5, 0.6) is 0 Å². The summed E-state index contributed by atoms with van der Waals surface area (Å²) in [6, 6.07) is 2.46. The van der Waals surface area contributed by atoms with Gasteiger partial charge < -0.3 is 10.1 Å². The molecule has 1 aromatic rings. The first-order valence-electron chi connectivity index (χ1n) is 7.73. The van der Waals surface area contributed by atoms with Crippen LogP contribution in [-0.4, -0.2) is 30.8 Å². The summed E-state index contributed by atoms with van der Waals surface area (Å²) in [5.41, 5.74) is 1.62. The van der Waals surface area contributed by atoms with Crippen LogP contribution in [0.3, 0.4) is 0 Å². The number of methoxy groups -OCH3 is 1. The van der Waals surface area contributed by atoms with E-state index in [1.807, 2.05) is 26.6 Å². The highest BCUT2D eigenvalue weighted by Crippen LogP contribution is 2.43. The quantitative estimate of drug-likeness (QED) is 0.868. The normalized spacial score (nSPS) is 22.0. The molecule has 0 aliphatic heterocycles. The molecule has 0 radical (unpaired) electrons. The first-order chi connectivity index (χ1) is 9.91. The Labute approximate surface area is 137 Å². The molecule has 21 heavy (non-hydrogen) atoms. The predicted octanol–water partition coefficient (Wildman–Crippen LogP) is 3.96. The van der Waals surface area contributed by atoms with E-state index in [2.05, 4.69) is 46.1 Å². The fourth-order valence-electron chi connectivity index (χ4n) is 3.40. The lowest BCUT2D eigenvalue weighted by Gasteiger charge is -2.47. The molecule has 0 spiro atoms. The minimum atomic E-state index is -0.0629. The zero-order chi connectivity index (χ0) is 15.5. The van der Waals surface area contributed by atoms with E-state index in [1.54, 1.807) is 0 Å². The van der Waals surface area contributed by atoms with Gasteiger partial charge in [-0.05, 0) is 72.1 Å². The Balaban J connectivity index is 2.14. The summed E-state index contributed by atoms with van der Waals surface area (Å²) in [5, 5.41) is 3.49. The summed E-state index contributed by atoms with van der Waals surface area (Å²) in [4.78, 5) is 4.27. The SMILES string of the molecule is CNC(Cc1cncc(Br)c1)C1(OC)CCC(C)(C)CC1. The van der Waals surface area contributed by atoms with Gasteiger partial charge in [-0.3, -0.25) is 4.98 Å². The Hall–Kier alpha value is -0.450. The maximum absolute atomic E-state index is 6.03. The molecule has 1 heterocycles. The minimum absolute atomic E-state index is 0.0629. The summed E-state index contributed by atoms with van der Waals surface area (Å²) in [7, 11) is 3.90. The van der Waals surface area contributed by atoms with E-state index in [0.29, 0.717) is 11.5 Å². The molecular weight excluding hydrogens is 328 g/mol. The van der Waals surface area contributed by atoms with E-state index in [1.165, 1.54) is 18.4 Å². The number of nitrogens with zero attached hydrogens (tertiary/aromatic N) is 1. The lowest BCUT2D eigenvalue weighted by Crippen LogP contribution is -2.54. The van der Waals surface area contributed by atoms with Crippen LogP contribution in [0.15, 0.2) is 22.9 Å². The zero-order valence-electron chi connectivity index (χ0n) is 13.6. The number of hydrogen-bond donors (Lipinski definition) is 1. The highest BCUT2D eigenvalue weighted by molar-refractivity contribution is 9.10. The average molecular weight is 355 g/mol. The standard InChI is InChI=1S/C17H27BrN2O/c1-16(2)5-7-17(21-4,8-6-16)15(19-3)10-13-9-14(18)12-20-11-13/h9,11-12,15,19H,5-8,10H2,1-4H3. The van der Waals surface area contributed by atoms with Gasteiger partial charge in [-0.25, -0.2) is 0 Å². The van der Waals surface area contributed by atoms with E-state index in [4.69, 9.17) is 4.74 Å². The Morgan fingerprint density at radius 1 is 1.29 bits per heavy atom. The fourth-order valence-corrected chi connectivity index (χ4v) is 3.81. The first-order valence-corrected chi connectivity index (χ1v) is 8.52. The molecule has 4 heteroatoms. The average Bonchev–Trinajstić information content (AvgIpc) is 2.46. The Morgan fingerprint density at radius 2 is 1.95 bits per heavy atom. The van der Waals surface area contributed by atoms with Crippen molar-refractivity contribution >= 4 is 15.9 Å². The highest BCUT2D eigenvalue weighted by Gasteiger charge is 2.43. The van der Waals surface area contributed by atoms with Crippen LogP contribution in [0.1, 0.15) is 45.1 Å². The van der Waals surface area contributed by atoms with Crippen LogP contribution in [-0.2, 0) is 11.2 Å². The maximum Gasteiger partial charge on any atom is 0.0834 e. The second kappa shape index (κ2) is 6.76. The molecular formula is C17H27BrN2O. The van der Waals surface area contributed by atoms with Gasteiger partial charge in [0, 0.05) is 30.0 Å². The predicted molar refractivity (Wildman–Crippen MR) is 90.5 cm³/mol. The molecule has 0 saturated heterocycles. The molecule has 3 nitrogen and oxygen atoms in total. The number of ether oxygens (including phenoxy) is 1. The van der Waals surface area contributed by atoms with Crippen molar-refractivity contribution in [3.63, 3.8) is 0 Å². The third-order valence-electron chi connectivity index (χ3n) is 5.04. The molecule has 118 valence electrons. The second-order valence-electron chi connectivity index (χ2n) is 6.99. The van der Waals surface area contributed by atoms with Crippen molar-refractivity contribution in [2.75, 3.05) is 14.2 Å². The van der Waals surface area contributed by atoms with E-state index < -0.39 is 0 Å². The first kappa shape index (κ1) is 16.9. The molecule has 1 atom stereocenters. The van der Waals surface area contributed by atoms with Crippen molar-refractivity contribution in [3.05, 3.63) is 28.5 Å². The number of halogens is 1. The molecule has 1 aromatic heterocycles. The Morgan fingerprint density at radius 3 is 2.48 bits per heavy atom. The summed E-state index contributed by atoms with van der Waals surface area (Å²) < 4.78 is 7.07. The third-order valence-corrected chi connectivity index (χ3v) is 5.47. The molecule has 2 rings (SSSR count). The lowest BCUT2D eigenvalue weighted by molar-refractivity contribution is -0.0847. The summed E-state index contributed by atoms with van der Waals surface area (Å²) in [6.07, 6.45) is 9.38. The van der Waals surface area contributed by atoms with Crippen LogP contribution >= 0.6 is 15.9 Å². The van der Waals surface area contributed by atoms with Crippen molar-refractivity contribution in [1.82, 2.24) is 10.3 Å². The Kier molecular flexibility index (Phi) is 5.44. The van der Waals surface area contributed by atoms with Gasteiger partial charge in [0.05, 0.1) is 5.60 Å². The molecule has 0 aromatic carbocycles. The van der Waals surface area contributed by atoms with Crippen LogP contribution < -0.4 is 5.32 Å². The van der Waals surface area contributed by atoms with E-state index in [-0.39, 0.29) is 5.60 Å². The minimum Gasteiger partial charge on any atom is -0.377 e. The van der Waals surface area contributed by atoms with Gasteiger partial charge in [-0.1, -0.05) is 13.8 Å². The van der Waals surface area contributed by atoms with Gasteiger partial charge in [-0.15, -0.1) is 0 Å². The van der Waals surface area contributed by atoms with Crippen molar-refractivity contribution in [3.8, 4) is 0 Å². The number of likely N-dealkylation sites (N-methyl/N-ethyl adjacent to an activating group) is 1. The molecule has 1 N–H and O–H groups in total. The molecule has 1 aliphatic rings. The summed E-state index contributed by atoms with van der Waals surface area (Å²) >= 11 is 3.50. The summed E-state index contributed by atoms with van der Waals surface area (Å²) in [6.45, 7) is 4.72. The lowest BCUT2D eigenvalue weighted by atomic mass is 9.67. The highest BCUT2D eigenvalue weighted by atomic mass is 79.9. The van der Waals surface area contributed by atoms with Crippen molar-refractivity contribution in [2.24, 2.45) is 5.41 Å². The van der Waals surface area contributed by atoms with Crippen LogP contribution in [0.4, 0.5) is 0 Å². The van der Waals surface area contributed by atoms with Crippen LogP contribution in [0.25, 0.3) is 0 Å². The number of hydrogen-bond acceptors (Lipinski definition) is 3. The van der Waals surface area contributed by atoms with Crippen molar-refractivity contribution in [2.45, 2.75) is 57.6 Å². The smallest absolute Gasteiger partial charge is 0.0834 e. The molecule has 0 bridgehead atoms. The summed E-state index contributed by atoms with van der Waals surface area (Å²) in [5.74, 6) is 0. The molecule has 1 unspecified atom stereocenters. The van der Waals surface area contributed by atoms with Gasteiger partial charge in [0.1, 0.15) is 0 Å². The topological polar surface area (TPSA) is 34.2 Å². The van der Waals surface area contributed by atoms with Crippen LogP contribution in [0, 0.1) is 5.41 Å². The van der Waals surface area contributed by atoms with Gasteiger partial charge in [0.2, 0.25) is 0 Å². The number of rotatable bonds is 5. The molecule has 1 saturated carbocycles. The van der Waals surface area contributed by atoms with Crippen molar-refractivity contribution < 1.29 is 4.74 Å². The van der Waals surface area contributed by atoms with E-state index >= 15 is 0 Å². The van der Waals surface area contributed by atoms with E-state index in [9.17, 15) is 0 Å². The fraction of sp³-hybridized carbons (Fsp3) is 0.706. The number of pyridine rings is 1. The maximum atomic E-state index is 6.03. The zero-order valence-corrected chi connectivity index (χ0v) is 15.2. The van der Waals surface area contributed by atoms with Crippen molar-refractivity contribution in [1.29, 1.82) is 0 Å².